The highest BCUT2D eigenvalue weighted by Gasteiger charge is 2.16. The largest absolute Gasteiger partial charge is 0.497 e. The number of H-pyrrole nitrogens is 1. The summed E-state index contributed by atoms with van der Waals surface area (Å²) in [6, 6.07) is 19.1. The molecule has 32 heavy (non-hydrogen) atoms. The Morgan fingerprint density at radius 2 is 1.88 bits per heavy atom. The molecule has 3 aromatic heterocycles. The molecule has 2 aromatic carbocycles. The van der Waals surface area contributed by atoms with Gasteiger partial charge in [0.1, 0.15) is 17.1 Å². The molecule has 0 saturated heterocycles. The molecule has 5 aromatic rings. The zero-order valence-electron chi connectivity index (χ0n) is 17.2. The minimum Gasteiger partial charge on any atom is -0.497 e. The summed E-state index contributed by atoms with van der Waals surface area (Å²) in [4.78, 5) is 21.6. The van der Waals surface area contributed by atoms with Crippen molar-refractivity contribution in [1.82, 2.24) is 35.1 Å². The lowest BCUT2D eigenvalue weighted by molar-refractivity contribution is 0.0951. The molecule has 0 atom stereocenters. The number of aromatic nitrogens is 6. The number of nitrogens with one attached hydrogen (secondary N) is 2. The second-order valence-corrected chi connectivity index (χ2v) is 7.01. The van der Waals surface area contributed by atoms with Gasteiger partial charge in [0.05, 0.1) is 25.5 Å². The first-order valence-electron chi connectivity index (χ1n) is 9.95. The lowest BCUT2D eigenvalue weighted by Gasteiger charge is -2.05. The van der Waals surface area contributed by atoms with Crippen LogP contribution in [0.15, 0.2) is 73.1 Å². The Bertz CT molecular complexity index is 1370. The van der Waals surface area contributed by atoms with Gasteiger partial charge in [0, 0.05) is 17.3 Å². The molecule has 0 fully saturated rings. The van der Waals surface area contributed by atoms with Gasteiger partial charge in [0.25, 0.3) is 5.91 Å². The minimum absolute atomic E-state index is 0.192. The Balaban J connectivity index is 1.32. The number of benzene rings is 2. The van der Waals surface area contributed by atoms with Crippen molar-refractivity contribution < 1.29 is 9.53 Å². The number of hydrogen-bond acceptors (Lipinski definition) is 6. The zero-order chi connectivity index (χ0) is 21.9. The summed E-state index contributed by atoms with van der Waals surface area (Å²) in [5.74, 6) is 1.55. The van der Waals surface area contributed by atoms with Crippen LogP contribution in [0.1, 0.15) is 16.2 Å². The van der Waals surface area contributed by atoms with E-state index in [0.29, 0.717) is 22.9 Å². The molecule has 0 aliphatic rings. The molecule has 9 nitrogen and oxygen atoms in total. The number of nitrogens with zero attached hydrogens (tertiary/aromatic N) is 5. The van der Waals surface area contributed by atoms with E-state index in [1.54, 1.807) is 17.8 Å². The highest BCUT2D eigenvalue weighted by atomic mass is 16.5. The van der Waals surface area contributed by atoms with Crippen molar-refractivity contribution >= 4 is 11.6 Å². The van der Waals surface area contributed by atoms with Gasteiger partial charge in [-0.1, -0.05) is 30.3 Å². The summed E-state index contributed by atoms with van der Waals surface area (Å²) in [5.41, 5.74) is 3.56. The molecule has 1 amide bonds. The molecular formula is C23H19N7O2. The molecule has 0 unspecified atom stereocenters. The van der Waals surface area contributed by atoms with Gasteiger partial charge in [-0.3, -0.25) is 9.89 Å². The highest BCUT2D eigenvalue weighted by molar-refractivity contribution is 5.99. The molecule has 9 heteroatoms. The van der Waals surface area contributed by atoms with Gasteiger partial charge >= 0.3 is 0 Å². The number of carbonyl (C=O) groups is 1. The Morgan fingerprint density at radius 3 is 2.66 bits per heavy atom. The van der Waals surface area contributed by atoms with Crippen molar-refractivity contribution in [3.63, 3.8) is 0 Å². The molecule has 5 rings (SSSR count). The lowest BCUT2D eigenvalue weighted by Crippen LogP contribution is -2.23. The smallest absolute Gasteiger partial charge is 0.257 e. The van der Waals surface area contributed by atoms with E-state index in [1.807, 2.05) is 60.7 Å². The van der Waals surface area contributed by atoms with Crippen molar-refractivity contribution in [3.8, 4) is 28.4 Å². The molecule has 158 valence electrons. The third kappa shape index (κ3) is 3.67. The highest BCUT2D eigenvalue weighted by Crippen LogP contribution is 2.21. The van der Waals surface area contributed by atoms with Gasteiger partial charge < -0.3 is 10.1 Å². The van der Waals surface area contributed by atoms with Gasteiger partial charge in [0.15, 0.2) is 11.5 Å². The molecule has 0 radical (unpaired) electrons. The van der Waals surface area contributed by atoms with Crippen LogP contribution in [0.3, 0.4) is 0 Å². The van der Waals surface area contributed by atoms with Crippen LogP contribution in [-0.4, -0.2) is 42.8 Å². The normalized spacial score (nSPS) is 10.9. The van der Waals surface area contributed by atoms with Crippen LogP contribution in [0.4, 0.5) is 0 Å². The first-order valence-corrected chi connectivity index (χ1v) is 9.95. The summed E-state index contributed by atoms with van der Waals surface area (Å²) in [6.07, 6.45) is 3.20. The molecule has 0 aliphatic carbocycles. The second kappa shape index (κ2) is 8.31. The number of amides is 1. The number of rotatable bonds is 6. The van der Waals surface area contributed by atoms with Crippen molar-refractivity contribution in [2.75, 3.05) is 7.11 Å². The molecule has 0 saturated carbocycles. The van der Waals surface area contributed by atoms with E-state index in [0.717, 1.165) is 22.6 Å². The van der Waals surface area contributed by atoms with Crippen LogP contribution in [-0.2, 0) is 6.54 Å². The fraction of sp³-hybridized carbons (Fsp3) is 0.0870. The maximum absolute atomic E-state index is 12.8. The van der Waals surface area contributed by atoms with Crippen LogP contribution >= 0.6 is 0 Å². The van der Waals surface area contributed by atoms with Crippen LogP contribution in [0.25, 0.3) is 28.3 Å². The Morgan fingerprint density at radius 1 is 1.06 bits per heavy atom. The minimum atomic E-state index is -0.292. The third-order valence-electron chi connectivity index (χ3n) is 5.01. The van der Waals surface area contributed by atoms with E-state index in [-0.39, 0.29) is 12.5 Å². The quantitative estimate of drug-likeness (QED) is 0.433. The van der Waals surface area contributed by atoms with Crippen molar-refractivity contribution in [2.24, 2.45) is 0 Å². The first kappa shape index (κ1) is 19.4. The molecule has 0 bridgehead atoms. The number of fused-ring (bicyclic) bond motifs is 1. The monoisotopic (exact) mass is 425 g/mol. The molecule has 0 aliphatic heterocycles. The maximum Gasteiger partial charge on any atom is 0.257 e. The van der Waals surface area contributed by atoms with E-state index in [1.165, 1.54) is 6.20 Å². The lowest BCUT2D eigenvalue weighted by atomic mass is 10.1. The van der Waals surface area contributed by atoms with Crippen molar-refractivity contribution in [3.05, 3.63) is 84.4 Å². The van der Waals surface area contributed by atoms with Crippen molar-refractivity contribution in [1.29, 1.82) is 0 Å². The fourth-order valence-electron chi connectivity index (χ4n) is 3.38. The summed E-state index contributed by atoms with van der Waals surface area (Å²) >= 11 is 0. The predicted molar refractivity (Wildman–Crippen MR) is 118 cm³/mol. The summed E-state index contributed by atoms with van der Waals surface area (Å²) in [5, 5.41) is 14.3. The standard InChI is InChI=1S/C23H19N7O2/c1-32-17-9-7-16(8-10-17)21-27-20(28-29-21)14-25-23(31)18-13-26-30-19(11-12-24-22(18)30)15-5-3-2-4-6-15/h2-13H,14H2,1H3,(H,25,31)(H,27,28,29). The van der Waals surface area contributed by atoms with Gasteiger partial charge in [-0.05, 0) is 30.3 Å². The van der Waals surface area contributed by atoms with E-state index in [4.69, 9.17) is 4.74 Å². The molecule has 0 spiro atoms. The number of carbonyl (C=O) groups excluding carboxylic acids is 1. The Labute approximate surface area is 183 Å². The van der Waals surface area contributed by atoms with Crippen LogP contribution < -0.4 is 10.1 Å². The average Bonchev–Trinajstić information content (AvgIpc) is 3.50. The first-order chi connectivity index (χ1) is 15.7. The third-order valence-corrected chi connectivity index (χ3v) is 5.01. The van der Waals surface area contributed by atoms with E-state index >= 15 is 0 Å². The summed E-state index contributed by atoms with van der Waals surface area (Å²) < 4.78 is 6.83. The maximum atomic E-state index is 12.8. The number of aromatic amines is 1. The molecule has 3 heterocycles. The van der Waals surface area contributed by atoms with Gasteiger partial charge in [-0.2, -0.15) is 10.2 Å². The van der Waals surface area contributed by atoms with E-state index < -0.39 is 0 Å². The van der Waals surface area contributed by atoms with Gasteiger partial charge in [-0.25, -0.2) is 14.5 Å². The van der Waals surface area contributed by atoms with Crippen LogP contribution in [0.5, 0.6) is 5.75 Å². The predicted octanol–water partition coefficient (Wildman–Crippen LogP) is 3.12. The van der Waals surface area contributed by atoms with Crippen molar-refractivity contribution in [2.45, 2.75) is 6.54 Å². The van der Waals surface area contributed by atoms with E-state index in [2.05, 4.69) is 30.6 Å². The van der Waals surface area contributed by atoms with Gasteiger partial charge in [-0.15, -0.1) is 0 Å². The molecular weight excluding hydrogens is 406 g/mol. The Kier molecular flexibility index (Phi) is 5.04. The number of methoxy groups -OCH3 is 1. The SMILES string of the molecule is COc1ccc(-c2n[nH]c(CNC(=O)c3cnn4c(-c5ccccc5)ccnc34)n2)cc1. The van der Waals surface area contributed by atoms with Crippen LogP contribution in [0.2, 0.25) is 0 Å². The Hall–Kier alpha value is -4.53. The average molecular weight is 425 g/mol. The van der Waals surface area contributed by atoms with Crippen LogP contribution in [0, 0.1) is 0 Å². The number of ether oxygens (including phenoxy) is 1. The number of hydrogen-bond donors (Lipinski definition) is 2. The topological polar surface area (TPSA) is 110 Å². The van der Waals surface area contributed by atoms with Gasteiger partial charge in [0.2, 0.25) is 0 Å². The van der Waals surface area contributed by atoms with E-state index in [9.17, 15) is 4.79 Å². The fourth-order valence-corrected chi connectivity index (χ4v) is 3.38. The second-order valence-electron chi connectivity index (χ2n) is 7.01. The zero-order valence-corrected chi connectivity index (χ0v) is 17.2. The summed E-state index contributed by atoms with van der Waals surface area (Å²) in [6.45, 7) is 0.192. The summed E-state index contributed by atoms with van der Waals surface area (Å²) in [7, 11) is 1.62. The molecule has 2 N–H and O–H groups in total.